The van der Waals surface area contributed by atoms with Gasteiger partial charge >= 0.3 is 5.97 Å². The Morgan fingerprint density at radius 3 is 2.21 bits per heavy atom. The zero-order valence-corrected chi connectivity index (χ0v) is 16.6. The maximum absolute atomic E-state index is 13.2. The van der Waals surface area contributed by atoms with Gasteiger partial charge in [-0.2, -0.15) is 0 Å². The molecule has 0 bridgehead atoms. The smallest absolute Gasteiger partial charge is 0.315 e. The van der Waals surface area contributed by atoms with Gasteiger partial charge in [0.25, 0.3) is 5.91 Å². The average molecular weight is 437 g/mol. The molecule has 0 aliphatic carbocycles. The molecular weight excluding hydrogens is 422 g/mol. The second kappa shape index (κ2) is 8.18. The number of hydrogen-bond donors (Lipinski definition) is 2. The molecule has 0 saturated carbocycles. The van der Waals surface area contributed by atoms with Crippen LogP contribution in [0.15, 0.2) is 49.1 Å². The number of carboxylic acid groups (broad SMARTS) is 1. The molecular formula is C19H15Cl2FN4O3. The highest BCUT2D eigenvalue weighted by atomic mass is 35.5. The normalized spacial score (nSPS) is 13.0. The Bertz CT molecular complexity index is 1030. The molecule has 3 aromatic rings. The number of nitrogens with one attached hydrogen (secondary N) is 1. The first-order chi connectivity index (χ1) is 13.7. The number of rotatable bonds is 6. The van der Waals surface area contributed by atoms with Crippen molar-refractivity contribution >= 4 is 35.1 Å². The highest BCUT2D eigenvalue weighted by Gasteiger charge is 2.36. The average Bonchev–Trinajstić information content (AvgIpc) is 3.20. The minimum atomic E-state index is -1.48. The third kappa shape index (κ3) is 4.23. The van der Waals surface area contributed by atoms with Gasteiger partial charge < -0.3 is 10.4 Å². The number of carbonyl (C=O) groups is 2. The van der Waals surface area contributed by atoms with Crippen LogP contribution in [0.4, 0.5) is 4.39 Å². The Hall–Kier alpha value is -2.97. The fourth-order valence-corrected chi connectivity index (χ4v) is 3.37. The van der Waals surface area contributed by atoms with Gasteiger partial charge in [0.15, 0.2) is 0 Å². The van der Waals surface area contributed by atoms with E-state index in [1.165, 1.54) is 43.8 Å². The van der Waals surface area contributed by atoms with Gasteiger partial charge in [0.1, 0.15) is 23.9 Å². The lowest BCUT2D eigenvalue weighted by atomic mass is 9.82. The summed E-state index contributed by atoms with van der Waals surface area (Å²) in [5.74, 6) is -2.30. The van der Waals surface area contributed by atoms with Gasteiger partial charge in [0, 0.05) is 6.54 Å². The molecule has 1 unspecified atom stereocenters. The quantitative estimate of drug-likeness (QED) is 0.616. The van der Waals surface area contributed by atoms with Gasteiger partial charge in [-0.3, -0.25) is 14.2 Å². The molecule has 0 spiro atoms. The molecule has 29 heavy (non-hydrogen) atoms. The molecule has 0 fully saturated rings. The van der Waals surface area contributed by atoms with Crippen molar-refractivity contribution in [2.24, 2.45) is 0 Å². The van der Waals surface area contributed by atoms with Crippen molar-refractivity contribution in [1.29, 1.82) is 0 Å². The van der Waals surface area contributed by atoms with Gasteiger partial charge in [-0.25, -0.2) is 4.39 Å². The third-order valence-electron chi connectivity index (χ3n) is 4.53. The van der Waals surface area contributed by atoms with E-state index in [0.29, 0.717) is 11.3 Å². The van der Waals surface area contributed by atoms with E-state index in [0.717, 1.165) is 12.1 Å². The molecule has 1 atom stereocenters. The van der Waals surface area contributed by atoms with Crippen LogP contribution >= 0.6 is 23.2 Å². The van der Waals surface area contributed by atoms with E-state index < -0.39 is 23.1 Å². The number of carboxylic acids is 1. The van der Waals surface area contributed by atoms with Crippen LogP contribution < -0.4 is 5.32 Å². The molecule has 1 heterocycles. The summed E-state index contributed by atoms with van der Waals surface area (Å²) in [5.41, 5.74) is -0.572. The second-order valence-electron chi connectivity index (χ2n) is 6.48. The van der Waals surface area contributed by atoms with Gasteiger partial charge in [-0.05, 0) is 36.8 Å². The SMILES string of the molecule is CC(CNC(=O)c1c(Cl)cc(-n2cnnc2)cc1Cl)(C(=O)O)c1ccc(F)cc1. The first kappa shape index (κ1) is 20.8. The second-order valence-corrected chi connectivity index (χ2v) is 7.29. The number of benzene rings is 2. The van der Waals surface area contributed by atoms with E-state index in [9.17, 15) is 19.1 Å². The van der Waals surface area contributed by atoms with Crippen LogP contribution in [0.5, 0.6) is 0 Å². The largest absolute Gasteiger partial charge is 0.481 e. The Balaban J connectivity index is 1.84. The molecule has 0 saturated heterocycles. The van der Waals surface area contributed by atoms with Crippen molar-refractivity contribution in [3.8, 4) is 5.69 Å². The molecule has 10 heteroatoms. The number of aliphatic carboxylic acids is 1. The van der Waals surface area contributed by atoms with E-state index in [-0.39, 0.29) is 22.2 Å². The van der Waals surface area contributed by atoms with Crippen molar-refractivity contribution < 1.29 is 19.1 Å². The summed E-state index contributed by atoms with van der Waals surface area (Å²) in [6, 6.07) is 8.09. The summed E-state index contributed by atoms with van der Waals surface area (Å²) in [4.78, 5) is 24.5. The van der Waals surface area contributed by atoms with E-state index in [4.69, 9.17) is 23.2 Å². The summed E-state index contributed by atoms with van der Waals surface area (Å²) in [7, 11) is 0. The Labute approximate surface area is 175 Å². The molecule has 7 nitrogen and oxygen atoms in total. The van der Waals surface area contributed by atoms with E-state index in [2.05, 4.69) is 15.5 Å². The molecule has 1 aromatic heterocycles. The van der Waals surface area contributed by atoms with E-state index in [1.54, 1.807) is 4.57 Å². The number of aromatic nitrogens is 3. The number of nitrogens with zero attached hydrogens (tertiary/aromatic N) is 3. The number of amides is 1. The van der Waals surface area contributed by atoms with Crippen molar-refractivity contribution in [3.63, 3.8) is 0 Å². The lowest BCUT2D eigenvalue weighted by molar-refractivity contribution is -0.142. The predicted octanol–water partition coefficient (Wildman–Crippen LogP) is 3.49. The highest BCUT2D eigenvalue weighted by molar-refractivity contribution is 6.40. The lowest BCUT2D eigenvalue weighted by Crippen LogP contribution is -2.44. The molecule has 0 aliphatic heterocycles. The van der Waals surface area contributed by atoms with Crippen LogP contribution in [0.3, 0.4) is 0 Å². The standard InChI is InChI=1S/C19H15Cl2FN4O3/c1-19(18(28)29,11-2-4-12(22)5-3-11)8-23-17(27)16-14(20)6-13(7-15(16)21)26-9-24-25-10-26/h2-7,9-10H,8H2,1H3,(H,23,27)(H,28,29). The molecule has 2 N–H and O–H groups in total. The summed E-state index contributed by atoms with van der Waals surface area (Å²) in [6.45, 7) is 1.17. The van der Waals surface area contributed by atoms with Crippen molar-refractivity contribution in [2.75, 3.05) is 6.54 Å². The fraction of sp³-hybridized carbons (Fsp3) is 0.158. The van der Waals surface area contributed by atoms with Gasteiger partial charge in [0.05, 0.1) is 21.3 Å². The monoisotopic (exact) mass is 436 g/mol. The van der Waals surface area contributed by atoms with Crippen molar-refractivity contribution in [1.82, 2.24) is 20.1 Å². The number of carbonyl (C=O) groups excluding carboxylic acids is 1. The highest BCUT2D eigenvalue weighted by Crippen LogP contribution is 2.29. The fourth-order valence-electron chi connectivity index (χ4n) is 2.72. The van der Waals surface area contributed by atoms with Crippen LogP contribution in [0.25, 0.3) is 5.69 Å². The molecule has 0 aliphatic rings. The van der Waals surface area contributed by atoms with E-state index in [1.807, 2.05) is 0 Å². The third-order valence-corrected chi connectivity index (χ3v) is 5.12. The van der Waals surface area contributed by atoms with E-state index >= 15 is 0 Å². The van der Waals surface area contributed by atoms with Gasteiger partial charge in [-0.1, -0.05) is 35.3 Å². The van der Waals surface area contributed by atoms with Crippen LogP contribution in [0.2, 0.25) is 10.0 Å². The predicted molar refractivity (Wildman–Crippen MR) is 105 cm³/mol. The lowest BCUT2D eigenvalue weighted by Gasteiger charge is -2.26. The Morgan fingerprint density at radius 1 is 1.14 bits per heavy atom. The number of hydrogen-bond acceptors (Lipinski definition) is 4. The van der Waals surface area contributed by atoms with Crippen LogP contribution in [0, 0.1) is 5.82 Å². The molecule has 3 rings (SSSR count). The maximum atomic E-state index is 13.2. The summed E-state index contributed by atoms with van der Waals surface area (Å²) in [6.07, 6.45) is 2.89. The van der Waals surface area contributed by atoms with Crippen LogP contribution in [-0.2, 0) is 10.2 Å². The zero-order chi connectivity index (χ0) is 21.2. The first-order valence-corrected chi connectivity index (χ1v) is 9.09. The zero-order valence-electron chi connectivity index (χ0n) is 15.1. The summed E-state index contributed by atoms with van der Waals surface area (Å²) in [5, 5.41) is 19.8. The topological polar surface area (TPSA) is 97.1 Å². The summed E-state index contributed by atoms with van der Waals surface area (Å²) >= 11 is 12.5. The van der Waals surface area contributed by atoms with Gasteiger partial charge in [0.2, 0.25) is 0 Å². The first-order valence-electron chi connectivity index (χ1n) is 8.34. The molecule has 0 radical (unpaired) electrons. The molecule has 2 aromatic carbocycles. The minimum absolute atomic E-state index is 0.0111. The van der Waals surface area contributed by atoms with Crippen molar-refractivity contribution in [2.45, 2.75) is 12.3 Å². The number of halogens is 3. The minimum Gasteiger partial charge on any atom is -0.481 e. The van der Waals surface area contributed by atoms with Crippen LogP contribution in [-0.4, -0.2) is 38.3 Å². The Kier molecular flexibility index (Phi) is 5.86. The van der Waals surface area contributed by atoms with Gasteiger partial charge in [-0.15, -0.1) is 10.2 Å². The van der Waals surface area contributed by atoms with Crippen molar-refractivity contribution in [3.05, 3.63) is 76.0 Å². The molecule has 150 valence electrons. The molecule has 1 amide bonds. The maximum Gasteiger partial charge on any atom is 0.315 e. The summed E-state index contributed by atoms with van der Waals surface area (Å²) < 4.78 is 14.7. The van der Waals surface area contributed by atoms with Crippen LogP contribution in [0.1, 0.15) is 22.8 Å². The Morgan fingerprint density at radius 2 is 1.69 bits per heavy atom.